The molecule has 0 bridgehead atoms. The second kappa shape index (κ2) is 6.31. The average molecular weight is 287 g/mol. The maximum Gasteiger partial charge on any atom is 0.246 e. The fourth-order valence-corrected chi connectivity index (χ4v) is 3.08. The summed E-state index contributed by atoms with van der Waals surface area (Å²) in [7, 11) is -0.0532. The molecule has 0 saturated heterocycles. The molecule has 0 fully saturated rings. The topological polar surface area (TPSA) is 82.3 Å². The molecule has 0 aliphatic heterocycles. The fourth-order valence-electron chi connectivity index (χ4n) is 1.65. The third kappa shape index (κ3) is 4.45. The van der Waals surface area contributed by atoms with Gasteiger partial charge in [-0.2, -0.15) is 0 Å². The molecule has 1 rings (SSSR count). The summed E-state index contributed by atoms with van der Waals surface area (Å²) < 4.78 is 27.0. The van der Waals surface area contributed by atoms with E-state index in [0.717, 1.165) is 0 Å². The van der Waals surface area contributed by atoms with E-state index in [2.05, 4.69) is 9.71 Å². The Bertz CT molecular complexity index is 564. The van der Waals surface area contributed by atoms with E-state index in [-0.39, 0.29) is 16.9 Å². The Kier molecular flexibility index (Phi) is 5.28. The maximum absolute atomic E-state index is 12.2. The van der Waals surface area contributed by atoms with E-state index in [9.17, 15) is 13.2 Å². The van der Waals surface area contributed by atoms with Gasteiger partial charge in [0.1, 0.15) is 4.90 Å². The zero-order valence-electron chi connectivity index (χ0n) is 11.7. The molecular formula is C12H21N3O3S. The Hall–Kier alpha value is -1.18. The van der Waals surface area contributed by atoms with E-state index in [1.807, 2.05) is 32.8 Å². The van der Waals surface area contributed by atoms with Gasteiger partial charge in [-0.15, -0.1) is 0 Å². The van der Waals surface area contributed by atoms with Crippen molar-refractivity contribution in [1.82, 2.24) is 14.6 Å². The normalized spacial score (nSPS) is 14.0. The zero-order valence-corrected chi connectivity index (χ0v) is 12.5. The van der Waals surface area contributed by atoms with Gasteiger partial charge >= 0.3 is 0 Å². The predicted octanol–water partition coefficient (Wildman–Crippen LogP) is 0.239. The molecular weight excluding hydrogens is 266 g/mol. The van der Waals surface area contributed by atoms with Gasteiger partial charge in [-0.25, -0.2) is 13.1 Å². The molecule has 1 aromatic rings. The first-order chi connectivity index (χ1) is 8.74. The van der Waals surface area contributed by atoms with Gasteiger partial charge in [-0.3, -0.25) is 4.79 Å². The lowest BCUT2D eigenvalue weighted by molar-refractivity contribution is 0.314. The Morgan fingerprint density at radius 1 is 1.37 bits per heavy atom. The van der Waals surface area contributed by atoms with Gasteiger partial charge in [0, 0.05) is 31.0 Å². The number of rotatable bonds is 6. The minimum absolute atomic E-state index is 0.125. The van der Waals surface area contributed by atoms with E-state index in [0.29, 0.717) is 6.54 Å². The molecule has 0 aliphatic carbocycles. The van der Waals surface area contributed by atoms with E-state index in [4.69, 9.17) is 0 Å². The standard InChI is InChI=1S/C12H21N3O3S/c1-9(2)10(8-15(3)4)14-19(17,18)12-7-13-6-5-11(12)16/h5-7,9-10,14H,8H2,1-4H3,(H,13,16). The number of hydrogen-bond donors (Lipinski definition) is 2. The number of aromatic amines is 1. The number of nitrogens with zero attached hydrogens (tertiary/aromatic N) is 1. The zero-order chi connectivity index (χ0) is 14.6. The van der Waals surface area contributed by atoms with Crippen LogP contribution in [0.3, 0.4) is 0 Å². The van der Waals surface area contributed by atoms with Gasteiger partial charge < -0.3 is 9.88 Å². The fraction of sp³-hybridized carbons (Fsp3) is 0.583. The molecule has 2 N–H and O–H groups in total. The van der Waals surface area contributed by atoms with Crippen molar-refractivity contribution in [3.05, 3.63) is 28.7 Å². The molecule has 1 heterocycles. The summed E-state index contributed by atoms with van der Waals surface area (Å²) in [5.74, 6) is 0.125. The number of aromatic nitrogens is 1. The van der Waals surface area contributed by atoms with Crippen molar-refractivity contribution in [2.24, 2.45) is 5.92 Å². The molecule has 1 unspecified atom stereocenters. The van der Waals surface area contributed by atoms with Crippen LogP contribution in [0.5, 0.6) is 0 Å². The molecule has 0 amide bonds. The minimum atomic E-state index is -3.80. The van der Waals surface area contributed by atoms with Gasteiger partial charge in [-0.05, 0) is 20.0 Å². The highest BCUT2D eigenvalue weighted by Gasteiger charge is 2.24. The SMILES string of the molecule is CC(C)C(CN(C)C)NS(=O)(=O)c1c[nH]ccc1=O. The molecule has 0 saturated carbocycles. The summed E-state index contributed by atoms with van der Waals surface area (Å²) in [6.45, 7) is 4.44. The quantitative estimate of drug-likeness (QED) is 0.785. The number of nitrogens with one attached hydrogen (secondary N) is 2. The smallest absolute Gasteiger partial charge is 0.246 e. The molecule has 0 radical (unpaired) electrons. The number of sulfonamides is 1. The van der Waals surface area contributed by atoms with Crippen LogP contribution in [0.1, 0.15) is 13.8 Å². The molecule has 0 aromatic carbocycles. The summed E-state index contributed by atoms with van der Waals surface area (Å²) in [4.78, 5) is 15.9. The van der Waals surface area contributed by atoms with Crippen LogP contribution in [0.15, 0.2) is 28.2 Å². The van der Waals surface area contributed by atoms with Gasteiger partial charge in [0.2, 0.25) is 15.5 Å². The molecule has 6 nitrogen and oxygen atoms in total. The molecule has 0 aliphatic rings. The number of pyridine rings is 1. The highest BCUT2D eigenvalue weighted by atomic mass is 32.2. The summed E-state index contributed by atoms with van der Waals surface area (Å²) in [6.07, 6.45) is 2.61. The molecule has 1 atom stereocenters. The van der Waals surface area contributed by atoms with Crippen LogP contribution in [0.2, 0.25) is 0 Å². The van der Waals surface area contributed by atoms with E-state index in [1.54, 1.807) is 0 Å². The summed E-state index contributed by atoms with van der Waals surface area (Å²) in [5, 5.41) is 0. The summed E-state index contributed by atoms with van der Waals surface area (Å²) >= 11 is 0. The Labute approximate surface area is 113 Å². The minimum Gasteiger partial charge on any atom is -0.366 e. The van der Waals surface area contributed by atoms with E-state index < -0.39 is 15.5 Å². The van der Waals surface area contributed by atoms with Crippen molar-refractivity contribution in [3.63, 3.8) is 0 Å². The highest BCUT2D eigenvalue weighted by molar-refractivity contribution is 7.89. The van der Waals surface area contributed by atoms with Crippen LogP contribution in [0, 0.1) is 5.92 Å². The average Bonchev–Trinajstić information content (AvgIpc) is 2.27. The van der Waals surface area contributed by atoms with Gasteiger partial charge in [0.25, 0.3) is 0 Å². The lowest BCUT2D eigenvalue weighted by atomic mass is 10.1. The second-order valence-electron chi connectivity index (χ2n) is 5.11. The first-order valence-corrected chi connectivity index (χ1v) is 7.56. The molecule has 0 spiro atoms. The van der Waals surface area contributed by atoms with Crippen molar-refractivity contribution < 1.29 is 8.42 Å². The van der Waals surface area contributed by atoms with Crippen molar-refractivity contribution in [3.8, 4) is 0 Å². The van der Waals surface area contributed by atoms with Crippen LogP contribution in [0.25, 0.3) is 0 Å². The summed E-state index contributed by atoms with van der Waals surface area (Å²) in [5.41, 5.74) is -0.515. The van der Waals surface area contributed by atoms with Crippen molar-refractivity contribution in [1.29, 1.82) is 0 Å². The molecule has 1 aromatic heterocycles. The van der Waals surface area contributed by atoms with E-state index >= 15 is 0 Å². The third-order valence-electron chi connectivity index (χ3n) is 2.75. The van der Waals surface area contributed by atoms with Gasteiger partial charge in [0.15, 0.2) is 0 Å². The molecule has 19 heavy (non-hydrogen) atoms. The Balaban J connectivity index is 3.01. The summed E-state index contributed by atoms with van der Waals surface area (Å²) in [6, 6.07) is 0.949. The van der Waals surface area contributed by atoms with E-state index in [1.165, 1.54) is 18.5 Å². The monoisotopic (exact) mass is 287 g/mol. The van der Waals surface area contributed by atoms with Crippen molar-refractivity contribution in [2.45, 2.75) is 24.8 Å². The van der Waals surface area contributed by atoms with Crippen LogP contribution in [0.4, 0.5) is 0 Å². The largest absolute Gasteiger partial charge is 0.366 e. The first kappa shape index (κ1) is 15.9. The van der Waals surface area contributed by atoms with Gasteiger partial charge in [-0.1, -0.05) is 13.8 Å². The van der Waals surface area contributed by atoms with Crippen LogP contribution in [-0.2, 0) is 10.0 Å². The maximum atomic E-state index is 12.2. The lowest BCUT2D eigenvalue weighted by Crippen LogP contribution is -2.45. The Morgan fingerprint density at radius 2 is 2.00 bits per heavy atom. The number of H-pyrrole nitrogens is 1. The van der Waals surface area contributed by atoms with Crippen LogP contribution < -0.4 is 10.2 Å². The first-order valence-electron chi connectivity index (χ1n) is 6.08. The molecule has 108 valence electrons. The number of likely N-dealkylation sites (N-methyl/N-ethyl adjacent to an activating group) is 1. The van der Waals surface area contributed by atoms with Crippen LogP contribution >= 0.6 is 0 Å². The third-order valence-corrected chi connectivity index (χ3v) is 4.26. The van der Waals surface area contributed by atoms with Crippen molar-refractivity contribution in [2.75, 3.05) is 20.6 Å². The van der Waals surface area contributed by atoms with Gasteiger partial charge in [0.05, 0.1) is 0 Å². The highest BCUT2D eigenvalue weighted by Crippen LogP contribution is 2.08. The molecule has 7 heteroatoms. The van der Waals surface area contributed by atoms with Crippen molar-refractivity contribution >= 4 is 10.0 Å². The lowest BCUT2D eigenvalue weighted by Gasteiger charge is -2.25. The Morgan fingerprint density at radius 3 is 2.47 bits per heavy atom. The second-order valence-corrected chi connectivity index (χ2v) is 6.79. The van der Waals surface area contributed by atoms with Crippen LogP contribution in [-0.4, -0.2) is 45.0 Å². The number of hydrogen-bond acceptors (Lipinski definition) is 4. The predicted molar refractivity (Wildman–Crippen MR) is 74.6 cm³/mol.